The van der Waals surface area contributed by atoms with Crippen LogP contribution in [0.3, 0.4) is 0 Å². The lowest BCUT2D eigenvalue weighted by molar-refractivity contribution is -0.142. The number of rotatable bonds is 4. The lowest BCUT2D eigenvalue weighted by Gasteiger charge is -2.34. The SMILES string of the molecule is O=C(c1cnn2c(C(F)(F)F)cc(-c3cccc4ccccc34)nc12)N1CCN(Cc2ccco2)CC1. The molecule has 1 saturated heterocycles. The first-order valence-electron chi connectivity index (χ1n) is 11.9. The minimum Gasteiger partial charge on any atom is -0.468 e. The number of amides is 1. The first kappa shape index (κ1) is 23.2. The summed E-state index contributed by atoms with van der Waals surface area (Å²) in [4.78, 5) is 21.8. The summed E-state index contributed by atoms with van der Waals surface area (Å²) in [5, 5.41) is 5.58. The Labute approximate surface area is 209 Å². The summed E-state index contributed by atoms with van der Waals surface area (Å²) in [7, 11) is 0. The van der Waals surface area contributed by atoms with E-state index in [2.05, 4.69) is 15.0 Å². The summed E-state index contributed by atoms with van der Waals surface area (Å²) < 4.78 is 48.4. The molecule has 0 spiro atoms. The molecule has 3 aromatic heterocycles. The number of halogens is 3. The Kier molecular flexibility index (Phi) is 5.68. The van der Waals surface area contributed by atoms with Crippen LogP contribution in [0.1, 0.15) is 21.8 Å². The highest BCUT2D eigenvalue weighted by atomic mass is 19.4. The van der Waals surface area contributed by atoms with Crippen molar-refractivity contribution >= 4 is 22.3 Å². The highest BCUT2D eigenvalue weighted by Gasteiger charge is 2.36. The third-order valence-corrected chi connectivity index (χ3v) is 6.68. The van der Waals surface area contributed by atoms with Crippen molar-refractivity contribution in [3.05, 3.63) is 90.1 Å². The van der Waals surface area contributed by atoms with Gasteiger partial charge in [-0.05, 0) is 29.0 Å². The molecule has 1 aliphatic rings. The van der Waals surface area contributed by atoms with Crippen LogP contribution in [-0.4, -0.2) is 56.5 Å². The van der Waals surface area contributed by atoms with Gasteiger partial charge < -0.3 is 9.32 Å². The third-order valence-electron chi connectivity index (χ3n) is 6.68. The van der Waals surface area contributed by atoms with Crippen molar-refractivity contribution in [1.82, 2.24) is 24.4 Å². The molecule has 0 bridgehead atoms. The fourth-order valence-corrected chi connectivity index (χ4v) is 4.80. The Hall–Kier alpha value is -4.18. The van der Waals surface area contributed by atoms with Gasteiger partial charge in [0.2, 0.25) is 0 Å². The summed E-state index contributed by atoms with van der Waals surface area (Å²) in [6.07, 6.45) is -1.89. The lowest BCUT2D eigenvalue weighted by Crippen LogP contribution is -2.48. The molecule has 0 radical (unpaired) electrons. The van der Waals surface area contributed by atoms with Crippen LogP contribution in [0, 0.1) is 0 Å². The highest BCUT2D eigenvalue weighted by Crippen LogP contribution is 2.35. The number of aromatic nitrogens is 3. The minimum absolute atomic E-state index is 0.0482. The normalized spacial score (nSPS) is 15.1. The zero-order valence-corrected chi connectivity index (χ0v) is 19.7. The van der Waals surface area contributed by atoms with Crippen molar-refractivity contribution < 1.29 is 22.4 Å². The predicted molar refractivity (Wildman–Crippen MR) is 131 cm³/mol. The van der Waals surface area contributed by atoms with Crippen LogP contribution in [-0.2, 0) is 12.7 Å². The van der Waals surface area contributed by atoms with Crippen molar-refractivity contribution in [3.63, 3.8) is 0 Å². The van der Waals surface area contributed by atoms with Gasteiger partial charge in [0.25, 0.3) is 5.91 Å². The molecule has 37 heavy (non-hydrogen) atoms. The van der Waals surface area contributed by atoms with E-state index in [4.69, 9.17) is 4.42 Å². The molecule has 6 rings (SSSR count). The highest BCUT2D eigenvalue weighted by molar-refractivity contribution is 6.01. The average molecular weight is 506 g/mol. The number of carbonyl (C=O) groups excluding carboxylic acids is 1. The second-order valence-corrected chi connectivity index (χ2v) is 8.99. The number of piperazine rings is 1. The van der Waals surface area contributed by atoms with E-state index in [0.717, 1.165) is 27.1 Å². The number of fused-ring (bicyclic) bond motifs is 2. The average Bonchev–Trinajstić information content (AvgIpc) is 3.57. The molecule has 188 valence electrons. The molecule has 0 aliphatic carbocycles. The maximum atomic E-state index is 14.1. The fourth-order valence-electron chi connectivity index (χ4n) is 4.80. The van der Waals surface area contributed by atoms with Gasteiger partial charge in [-0.25, -0.2) is 9.50 Å². The van der Waals surface area contributed by atoms with Crippen LogP contribution in [0.2, 0.25) is 0 Å². The maximum Gasteiger partial charge on any atom is 0.433 e. The molecule has 0 saturated carbocycles. The van der Waals surface area contributed by atoms with Crippen molar-refractivity contribution in [1.29, 1.82) is 0 Å². The summed E-state index contributed by atoms with van der Waals surface area (Å²) in [6.45, 7) is 2.75. The van der Waals surface area contributed by atoms with Gasteiger partial charge in [-0.2, -0.15) is 18.3 Å². The number of nitrogens with zero attached hydrogens (tertiary/aromatic N) is 5. The van der Waals surface area contributed by atoms with Crippen molar-refractivity contribution in [2.75, 3.05) is 26.2 Å². The largest absolute Gasteiger partial charge is 0.468 e. The molecule has 4 heterocycles. The summed E-state index contributed by atoms with van der Waals surface area (Å²) in [5.74, 6) is 0.454. The summed E-state index contributed by atoms with van der Waals surface area (Å²) in [5.41, 5.74) is -0.359. The number of benzene rings is 2. The molecular formula is C27H22F3N5O2. The van der Waals surface area contributed by atoms with Gasteiger partial charge in [0.15, 0.2) is 11.3 Å². The number of alkyl halides is 3. The van der Waals surface area contributed by atoms with Crippen LogP contribution in [0.15, 0.2) is 77.5 Å². The molecule has 1 fully saturated rings. The Morgan fingerprint density at radius 2 is 1.76 bits per heavy atom. The fraction of sp³-hybridized carbons (Fsp3) is 0.222. The minimum atomic E-state index is -4.69. The van der Waals surface area contributed by atoms with E-state index >= 15 is 0 Å². The van der Waals surface area contributed by atoms with Crippen molar-refractivity contribution in [3.8, 4) is 11.3 Å². The topological polar surface area (TPSA) is 66.9 Å². The van der Waals surface area contributed by atoms with E-state index < -0.39 is 11.9 Å². The van der Waals surface area contributed by atoms with E-state index in [-0.39, 0.29) is 22.8 Å². The molecule has 2 aromatic carbocycles. The quantitative estimate of drug-likeness (QED) is 0.339. The van der Waals surface area contributed by atoms with Gasteiger partial charge in [0.1, 0.15) is 11.3 Å². The molecule has 1 amide bonds. The van der Waals surface area contributed by atoms with Crippen LogP contribution in [0.4, 0.5) is 13.2 Å². The Morgan fingerprint density at radius 1 is 0.973 bits per heavy atom. The van der Waals surface area contributed by atoms with E-state index in [1.807, 2.05) is 42.5 Å². The van der Waals surface area contributed by atoms with E-state index in [1.54, 1.807) is 23.3 Å². The van der Waals surface area contributed by atoms with E-state index in [1.165, 1.54) is 6.20 Å². The number of carbonyl (C=O) groups is 1. The molecular weight excluding hydrogens is 483 g/mol. The molecule has 10 heteroatoms. The number of hydrogen-bond acceptors (Lipinski definition) is 5. The van der Waals surface area contributed by atoms with Crippen LogP contribution >= 0.6 is 0 Å². The maximum absolute atomic E-state index is 14.1. The Balaban J connectivity index is 1.36. The van der Waals surface area contributed by atoms with Crippen molar-refractivity contribution in [2.45, 2.75) is 12.7 Å². The van der Waals surface area contributed by atoms with Gasteiger partial charge in [0, 0.05) is 31.7 Å². The zero-order chi connectivity index (χ0) is 25.6. The van der Waals surface area contributed by atoms with Gasteiger partial charge in [0.05, 0.1) is 24.7 Å². The van der Waals surface area contributed by atoms with Crippen LogP contribution in [0.5, 0.6) is 0 Å². The van der Waals surface area contributed by atoms with Gasteiger partial charge >= 0.3 is 6.18 Å². The molecule has 5 aromatic rings. The van der Waals surface area contributed by atoms with E-state index in [0.29, 0.717) is 38.3 Å². The van der Waals surface area contributed by atoms with Gasteiger partial charge in [-0.15, -0.1) is 0 Å². The molecule has 0 unspecified atom stereocenters. The lowest BCUT2D eigenvalue weighted by atomic mass is 10.0. The third kappa shape index (κ3) is 4.33. The monoisotopic (exact) mass is 505 g/mol. The molecule has 0 N–H and O–H groups in total. The summed E-state index contributed by atoms with van der Waals surface area (Å²) >= 11 is 0. The second-order valence-electron chi connectivity index (χ2n) is 8.99. The summed E-state index contributed by atoms with van der Waals surface area (Å²) in [6, 6.07) is 17.5. The number of furan rings is 1. The first-order chi connectivity index (χ1) is 17.9. The molecule has 7 nitrogen and oxygen atoms in total. The standard InChI is InChI=1S/C27H22F3N5O2/c28-27(29,30)24-15-23(21-9-3-6-18-5-1-2-8-20(18)21)32-25-22(16-31-35(24)25)26(36)34-12-10-33(11-13-34)17-19-7-4-14-37-19/h1-9,14-16H,10-13,17H2. The molecule has 1 aliphatic heterocycles. The first-order valence-corrected chi connectivity index (χ1v) is 11.9. The zero-order valence-electron chi connectivity index (χ0n) is 19.7. The number of hydrogen-bond donors (Lipinski definition) is 0. The predicted octanol–water partition coefficient (Wildman–Crippen LogP) is 5.12. The van der Waals surface area contributed by atoms with Gasteiger partial charge in [-0.3, -0.25) is 9.69 Å². The van der Waals surface area contributed by atoms with Crippen LogP contribution < -0.4 is 0 Å². The van der Waals surface area contributed by atoms with Crippen LogP contribution in [0.25, 0.3) is 27.7 Å². The Morgan fingerprint density at radius 3 is 2.51 bits per heavy atom. The van der Waals surface area contributed by atoms with E-state index in [9.17, 15) is 18.0 Å². The Bertz CT molecular complexity index is 1580. The molecule has 0 atom stereocenters. The van der Waals surface area contributed by atoms with Gasteiger partial charge in [-0.1, -0.05) is 42.5 Å². The smallest absolute Gasteiger partial charge is 0.433 e. The van der Waals surface area contributed by atoms with Crippen molar-refractivity contribution in [2.24, 2.45) is 0 Å². The second kappa shape index (κ2) is 9.04.